The van der Waals surface area contributed by atoms with Crippen LogP contribution in [-0.2, 0) is 60.8 Å². The lowest BCUT2D eigenvalue weighted by atomic mass is 10.1. The Balaban J connectivity index is 0. The molecule has 0 bridgehead atoms. The molecule has 0 saturated carbocycles. The minimum Gasteiger partial charge on any atom is -0.462 e. The second kappa shape index (κ2) is 69.6. The molecular formula is C72H132O17P2. The van der Waals surface area contributed by atoms with Crippen LogP contribution < -0.4 is 0 Å². The molecular weight excluding hydrogens is 1200 g/mol. The zero-order valence-corrected chi connectivity index (χ0v) is 59.5. The van der Waals surface area contributed by atoms with E-state index in [4.69, 9.17) is 33.3 Å². The van der Waals surface area contributed by atoms with Crippen LogP contribution in [0.4, 0.5) is 0 Å². The Bertz CT molecular complexity index is 1920. The molecule has 3 atom stereocenters. The van der Waals surface area contributed by atoms with Crippen molar-refractivity contribution in [2.45, 2.75) is 335 Å². The zero-order chi connectivity index (χ0) is 67.3. The topological polar surface area (TPSA) is 248 Å². The molecule has 0 aromatic heterocycles. The lowest BCUT2D eigenvalue weighted by Crippen LogP contribution is -2.30. The second-order valence-electron chi connectivity index (χ2n) is 23.9. The maximum Gasteiger partial charge on any atom is 0.472 e. The molecule has 17 nitrogen and oxygen atoms in total. The highest BCUT2D eigenvalue weighted by atomic mass is 31.2. The zero-order valence-electron chi connectivity index (χ0n) is 57.7. The van der Waals surface area contributed by atoms with Crippen LogP contribution in [0.5, 0.6) is 0 Å². The summed E-state index contributed by atoms with van der Waals surface area (Å²) in [5, 5.41) is 9.74. The van der Waals surface area contributed by atoms with Crippen LogP contribution in [0.15, 0.2) is 60.8 Å². The number of carbonyl (C=O) groups excluding carboxylic acids is 4. The van der Waals surface area contributed by atoms with Gasteiger partial charge in [-0.2, -0.15) is 0 Å². The van der Waals surface area contributed by atoms with Gasteiger partial charge in [-0.3, -0.25) is 32.7 Å². The molecule has 91 heavy (non-hydrogen) atoms. The summed E-state index contributed by atoms with van der Waals surface area (Å²) < 4.78 is 58.1. The van der Waals surface area contributed by atoms with Crippen molar-refractivity contribution in [2.75, 3.05) is 39.6 Å². The van der Waals surface area contributed by atoms with Gasteiger partial charge in [0.2, 0.25) is 0 Å². The molecule has 0 aliphatic carbocycles. The number of phosphoric ester groups is 2. The summed E-state index contributed by atoms with van der Waals surface area (Å²) in [5.41, 5.74) is 0. The summed E-state index contributed by atoms with van der Waals surface area (Å²) in [6.45, 7) is 6.48. The van der Waals surface area contributed by atoms with Crippen LogP contribution >= 0.6 is 15.6 Å². The van der Waals surface area contributed by atoms with Crippen molar-refractivity contribution >= 4 is 39.5 Å². The van der Waals surface area contributed by atoms with E-state index >= 15 is 0 Å². The second-order valence-corrected chi connectivity index (χ2v) is 26.6. The first-order valence-corrected chi connectivity index (χ1v) is 39.0. The van der Waals surface area contributed by atoms with Crippen LogP contribution in [0.3, 0.4) is 0 Å². The predicted octanol–water partition coefficient (Wildman–Crippen LogP) is 19.9. The Morgan fingerprint density at radius 1 is 0.330 bits per heavy atom. The first-order valence-electron chi connectivity index (χ1n) is 36.0. The Morgan fingerprint density at radius 2 is 0.626 bits per heavy atom. The van der Waals surface area contributed by atoms with Crippen molar-refractivity contribution in [1.82, 2.24) is 0 Å². The third-order valence-corrected chi connectivity index (χ3v) is 16.3. The summed E-state index contributed by atoms with van der Waals surface area (Å²) >= 11 is 0. The van der Waals surface area contributed by atoms with Gasteiger partial charge in [-0.1, -0.05) is 249 Å². The van der Waals surface area contributed by atoms with E-state index in [1.807, 2.05) is 0 Å². The third kappa shape index (κ3) is 75.7. The molecule has 0 heterocycles. The fraction of sp³-hybridized carbons (Fsp3) is 0.806. The first-order chi connectivity index (χ1) is 44.1. The van der Waals surface area contributed by atoms with Crippen molar-refractivity contribution in [3.05, 3.63) is 60.8 Å². The molecule has 0 spiro atoms. The molecule has 4 N–H and O–H groups in total. The van der Waals surface area contributed by atoms with Crippen LogP contribution in [0.25, 0.3) is 0 Å². The smallest absolute Gasteiger partial charge is 0.462 e. The molecule has 0 saturated heterocycles. The molecule has 532 valence electrons. The standard InChI is InChI=1S/C42H78O13P2.C30H54O4/c1-3-5-7-9-11-13-15-17-19-21-23-25-27-29-31-33-41(44)51-37-40(38-54-57(49,50)53-36-39(43)35-52-56(46,47)48)55-42(45)34-32-30-28-26-24-22-20-18-16-14-12-10-8-6-4-2;1-3-5-7-9-11-13-14-15-16-18-20-22-24-26-30(32)34-28-27-33-29(31)25-23-21-19-17-12-10-8-6-4-2/h11-14,18,20,39-40,43H,3-10,15-17,19,21-38H2,1-2H3,(H,49,50)(H2,46,47,48);7,9,13-14H,3-6,8,10-12,15-28H2,1-2H3/b13-11+,14-12+,20-18+;9-7+,14-13+/t39-,40+;/m0./s1. The van der Waals surface area contributed by atoms with Gasteiger partial charge in [0.15, 0.2) is 6.10 Å². The number of phosphoric acid groups is 2. The van der Waals surface area contributed by atoms with Crippen LogP contribution in [-0.4, -0.2) is 95.5 Å². The summed E-state index contributed by atoms with van der Waals surface area (Å²) in [4.78, 5) is 76.1. The molecule has 19 heteroatoms. The fourth-order valence-corrected chi connectivity index (χ4v) is 10.6. The Kier molecular flexibility index (Phi) is 68.7. The molecule has 1 unspecified atom stereocenters. The van der Waals surface area contributed by atoms with Gasteiger partial charge in [0.25, 0.3) is 0 Å². The quantitative estimate of drug-likeness (QED) is 0.0145. The van der Waals surface area contributed by atoms with E-state index in [2.05, 4.69) is 97.5 Å². The average molecular weight is 1330 g/mol. The number of aliphatic hydroxyl groups is 1. The minimum atomic E-state index is -4.86. The highest BCUT2D eigenvalue weighted by molar-refractivity contribution is 7.47. The van der Waals surface area contributed by atoms with Crippen molar-refractivity contribution in [1.29, 1.82) is 0 Å². The van der Waals surface area contributed by atoms with Crippen molar-refractivity contribution in [3.63, 3.8) is 0 Å². The van der Waals surface area contributed by atoms with Gasteiger partial charge in [0, 0.05) is 25.7 Å². The van der Waals surface area contributed by atoms with Crippen molar-refractivity contribution in [2.24, 2.45) is 0 Å². The Morgan fingerprint density at radius 3 is 1.01 bits per heavy atom. The molecule has 0 aromatic rings. The summed E-state index contributed by atoms with van der Waals surface area (Å²) in [6, 6.07) is 0. The van der Waals surface area contributed by atoms with Gasteiger partial charge in [-0.05, 0) is 109 Å². The molecule has 0 aromatic carbocycles. The molecule has 0 rings (SSSR count). The van der Waals surface area contributed by atoms with E-state index in [0.29, 0.717) is 25.7 Å². The van der Waals surface area contributed by atoms with Crippen LogP contribution in [0.2, 0.25) is 0 Å². The van der Waals surface area contributed by atoms with Gasteiger partial charge < -0.3 is 38.7 Å². The number of unbranched alkanes of at least 4 members (excludes halogenated alkanes) is 33. The SMILES string of the molecule is CCC/C=C/C/C=C/CCCCCCCC(=O)OCCOC(=O)CCCCCCCCCCC.CCCCC/C=C/C/C=C/CCCCCCCC(=O)O[C@H](COC(=O)CCCCCCCCCC/C=C/CCCCC)COP(=O)(O)OC[C@@H](O)COP(=O)(O)O. The van der Waals surface area contributed by atoms with E-state index in [1.165, 1.54) is 141 Å². The number of aliphatic hydroxyl groups excluding tert-OH is 1. The Labute approximate surface area is 553 Å². The minimum absolute atomic E-state index is 0.115. The van der Waals surface area contributed by atoms with E-state index in [1.54, 1.807) is 0 Å². The maximum absolute atomic E-state index is 12.6. The third-order valence-electron chi connectivity index (χ3n) is 14.9. The number of esters is 4. The van der Waals surface area contributed by atoms with Gasteiger partial charge >= 0.3 is 39.5 Å². The van der Waals surface area contributed by atoms with Gasteiger partial charge in [0.05, 0.1) is 19.8 Å². The van der Waals surface area contributed by atoms with Gasteiger partial charge in [-0.15, -0.1) is 0 Å². The Hall–Kier alpha value is -3.24. The number of ether oxygens (including phenoxy) is 4. The highest BCUT2D eigenvalue weighted by Crippen LogP contribution is 2.44. The van der Waals surface area contributed by atoms with E-state index in [9.17, 15) is 38.3 Å². The van der Waals surface area contributed by atoms with Crippen molar-refractivity contribution < 1.29 is 80.6 Å². The van der Waals surface area contributed by atoms with Crippen LogP contribution in [0, 0.1) is 0 Å². The molecule has 0 amide bonds. The molecule has 0 aliphatic heterocycles. The van der Waals surface area contributed by atoms with Gasteiger partial charge in [-0.25, -0.2) is 9.13 Å². The number of hydrogen-bond donors (Lipinski definition) is 4. The number of rotatable bonds is 66. The average Bonchev–Trinajstić information content (AvgIpc) is 2.53. The largest absolute Gasteiger partial charge is 0.472 e. The molecule has 0 radical (unpaired) electrons. The van der Waals surface area contributed by atoms with E-state index < -0.39 is 59.6 Å². The van der Waals surface area contributed by atoms with Crippen LogP contribution in [0.1, 0.15) is 323 Å². The van der Waals surface area contributed by atoms with Gasteiger partial charge in [0.1, 0.15) is 25.9 Å². The first kappa shape index (κ1) is 89.8. The summed E-state index contributed by atoms with van der Waals surface area (Å²) in [6.07, 6.45) is 68.1. The number of carbonyl (C=O) groups is 4. The normalized spacial score (nSPS) is 13.3. The lowest BCUT2D eigenvalue weighted by Gasteiger charge is -2.20. The maximum atomic E-state index is 12.6. The number of hydrogen-bond acceptors (Lipinski definition) is 14. The number of allylic oxidation sites excluding steroid dienone is 10. The highest BCUT2D eigenvalue weighted by Gasteiger charge is 2.28. The fourth-order valence-electron chi connectivity index (χ4n) is 9.44. The lowest BCUT2D eigenvalue weighted by molar-refractivity contribution is -0.161. The van der Waals surface area contributed by atoms with Crippen molar-refractivity contribution in [3.8, 4) is 0 Å². The van der Waals surface area contributed by atoms with E-state index in [-0.39, 0.29) is 44.6 Å². The summed E-state index contributed by atoms with van der Waals surface area (Å²) in [5.74, 6) is -1.41. The van der Waals surface area contributed by atoms with E-state index in [0.717, 1.165) is 116 Å². The summed E-state index contributed by atoms with van der Waals surface area (Å²) in [7, 11) is -9.67. The molecule has 0 fully saturated rings. The predicted molar refractivity (Wildman–Crippen MR) is 369 cm³/mol. The monoisotopic (exact) mass is 1330 g/mol. The molecule has 0 aliphatic rings.